The van der Waals surface area contributed by atoms with Crippen LogP contribution in [0.2, 0.25) is 0 Å². The standard InChI is InChI=1S/C15H23N3O2/c1-2-20-13-7-9-18(10-8-13)11-12-5-3-4-6-14(12)15(19)17-16/h3-6,13H,2,7-11,16H2,1H3,(H,17,19). The minimum atomic E-state index is -0.232. The molecule has 0 aromatic heterocycles. The third-order valence-electron chi connectivity index (χ3n) is 3.72. The fraction of sp³-hybridized carbons (Fsp3) is 0.533. The van der Waals surface area contributed by atoms with E-state index < -0.39 is 0 Å². The zero-order chi connectivity index (χ0) is 14.4. The Morgan fingerprint density at radius 1 is 1.40 bits per heavy atom. The van der Waals surface area contributed by atoms with Crippen molar-refractivity contribution in [3.05, 3.63) is 35.4 Å². The van der Waals surface area contributed by atoms with Gasteiger partial charge in [-0.15, -0.1) is 0 Å². The number of hydrazine groups is 1. The van der Waals surface area contributed by atoms with Crippen LogP contribution in [0.15, 0.2) is 24.3 Å². The largest absolute Gasteiger partial charge is 0.378 e. The Bertz CT molecular complexity index is 442. The highest BCUT2D eigenvalue weighted by Gasteiger charge is 2.20. The molecule has 0 bridgehead atoms. The summed E-state index contributed by atoms with van der Waals surface area (Å²) in [6.45, 7) is 5.60. The third-order valence-corrected chi connectivity index (χ3v) is 3.72. The minimum Gasteiger partial charge on any atom is -0.378 e. The zero-order valence-corrected chi connectivity index (χ0v) is 12.0. The third kappa shape index (κ3) is 3.79. The number of benzene rings is 1. The van der Waals surface area contributed by atoms with Gasteiger partial charge in [-0.3, -0.25) is 15.1 Å². The van der Waals surface area contributed by atoms with Crippen LogP contribution in [-0.2, 0) is 11.3 Å². The monoisotopic (exact) mass is 277 g/mol. The van der Waals surface area contributed by atoms with E-state index in [1.807, 2.05) is 31.2 Å². The van der Waals surface area contributed by atoms with Crippen LogP contribution in [0.5, 0.6) is 0 Å². The lowest BCUT2D eigenvalue weighted by Crippen LogP contribution is -2.37. The number of nitrogen functional groups attached to an aromatic ring is 1. The van der Waals surface area contributed by atoms with Crippen LogP contribution < -0.4 is 11.3 Å². The van der Waals surface area contributed by atoms with Crippen LogP contribution in [0.4, 0.5) is 0 Å². The highest BCUT2D eigenvalue weighted by atomic mass is 16.5. The van der Waals surface area contributed by atoms with Gasteiger partial charge >= 0.3 is 0 Å². The van der Waals surface area contributed by atoms with E-state index in [1.54, 1.807) is 0 Å². The van der Waals surface area contributed by atoms with Crippen molar-refractivity contribution in [1.29, 1.82) is 0 Å². The van der Waals surface area contributed by atoms with Gasteiger partial charge in [-0.05, 0) is 31.4 Å². The molecule has 0 saturated carbocycles. The van der Waals surface area contributed by atoms with Crippen molar-refractivity contribution in [2.75, 3.05) is 19.7 Å². The second-order valence-electron chi connectivity index (χ2n) is 5.06. The van der Waals surface area contributed by atoms with Crippen molar-refractivity contribution < 1.29 is 9.53 Å². The van der Waals surface area contributed by atoms with Crippen LogP contribution in [0.1, 0.15) is 35.7 Å². The molecule has 0 aliphatic carbocycles. The molecule has 1 aromatic carbocycles. The van der Waals surface area contributed by atoms with Crippen LogP contribution in [0, 0.1) is 0 Å². The van der Waals surface area contributed by atoms with Gasteiger partial charge in [-0.25, -0.2) is 5.84 Å². The van der Waals surface area contributed by atoms with Gasteiger partial charge in [0.1, 0.15) is 0 Å². The van der Waals surface area contributed by atoms with Gasteiger partial charge < -0.3 is 4.74 Å². The Morgan fingerprint density at radius 2 is 2.10 bits per heavy atom. The van der Waals surface area contributed by atoms with Gasteiger partial charge in [0, 0.05) is 31.8 Å². The summed E-state index contributed by atoms with van der Waals surface area (Å²) in [5, 5.41) is 0. The predicted octanol–water partition coefficient (Wildman–Crippen LogP) is 1.29. The average molecular weight is 277 g/mol. The van der Waals surface area contributed by atoms with Crippen molar-refractivity contribution in [2.24, 2.45) is 5.84 Å². The lowest BCUT2D eigenvalue weighted by atomic mass is 10.0. The number of likely N-dealkylation sites (tertiary alicyclic amines) is 1. The SMILES string of the molecule is CCOC1CCN(Cc2ccccc2C(=O)NN)CC1. The Labute approximate surface area is 120 Å². The Kier molecular flexibility index (Phi) is 5.52. The number of ether oxygens (including phenoxy) is 1. The summed E-state index contributed by atoms with van der Waals surface area (Å²) in [4.78, 5) is 14.1. The van der Waals surface area contributed by atoms with Crippen molar-refractivity contribution in [1.82, 2.24) is 10.3 Å². The first-order valence-corrected chi connectivity index (χ1v) is 7.17. The lowest BCUT2D eigenvalue weighted by Gasteiger charge is -2.32. The summed E-state index contributed by atoms with van der Waals surface area (Å²) >= 11 is 0. The number of piperidine rings is 1. The molecule has 1 amide bonds. The molecule has 5 nitrogen and oxygen atoms in total. The van der Waals surface area contributed by atoms with Gasteiger partial charge in [0.15, 0.2) is 0 Å². The Hall–Kier alpha value is -1.43. The van der Waals surface area contributed by atoms with E-state index in [2.05, 4.69) is 10.3 Å². The fourth-order valence-corrected chi connectivity index (χ4v) is 2.67. The molecule has 0 radical (unpaired) electrons. The van der Waals surface area contributed by atoms with Gasteiger partial charge in [0.2, 0.25) is 0 Å². The Balaban J connectivity index is 1.96. The van der Waals surface area contributed by atoms with E-state index in [1.165, 1.54) is 0 Å². The van der Waals surface area contributed by atoms with E-state index in [0.717, 1.165) is 44.6 Å². The topological polar surface area (TPSA) is 67.6 Å². The molecule has 1 fully saturated rings. The number of carbonyl (C=O) groups is 1. The molecule has 0 spiro atoms. The molecule has 1 saturated heterocycles. The maximum Gasteiger partial charge on any atom is 0.265 e. The van der Waals surface area contributed by atoms with Gasteiger partial charge in [-0.1, -0.05) is 18.2 Å². The minimum absolute atomic E-state index is 0.232. The predicted molar refractivity (Wildman–Crippen MR) is 78.0 cm³/mol. The number of nitrogens with zero attached hydrogens (tertiary/aromatic N) is 1. The molecule has 0 unspecified atom stereocenters. The molecule has 1 aliphatic heterocycles. The number of nitrogens with one attached hydrogen (secondary N) is 1. The van der Waals surface area contributed by atoms with E-state index >= 15 is 0 Å². The maximum absolute atomic E-state index is 11.7. The molecule has 0 atom stereocenters. The maximum atomic E-state index is 11.7. The van der Waals surface area contributed by atoms with Crippen LogP contribution in [0.3, 0.4) is 0 Å². The van der Waals surface area contributed by atoms with Crippen molar-refractivity contribution >= 4 is 5.91 Å². The summed E-state index contributed by atoms with van der Waals surface area (Å²) < 4.78 is 5.65. The van der Waals surface area contributed by atoms with Gasteiger partial charge in [0.25, 0.3) is 5.91 Å². The van der Waals surface area contributed by atoms with E-state index in [9.17, 15) is 4.79 Å². The number of hydrogen-bond acceptors (Lipinski definition) is 4. The van der Waals surface area contributed by atoms with Gasteiger partial charge in [-0.2, -0.15) is 0 Å². The highest BCUT2D eigenvalue weighted by molar-refractivity contribution is 5.95. The molecule has 1 heterocycles. The molecule has 3 N–H and O–H groups in total. The van der Waals surface area contributed by atoms with Crippen LogP contribution in [0.25, 0.3) is 0 Å². The summed E-state index contributed by atoms with van der Waals surface area (Å²) in [5.41, 5.74) is 3.88. The molecular weight excluding hydrogens is 254 g/mol. The number of nitrogens with two attached hydrogens (primary N) is 1. The summed E-state index contributed by atoms with van der Waals surface area (Å²) in [6.07, 6.45) is 2.50. The number of carbonyl (C=O) groups excluding carboxylic acids is 1. The Morgan fingerprint density at radius 3 is 2.75 bits per heavy atom. The molecular formula is C15H23N3O2. The number of hydrogen-bond donors (Lipinski definition) is 2. The molecule has 1 aromatic rings. The summed E-state index contributed by atoms with van der Waals surface area (Å²) in [7, 11) is 0. The van der Waals surface area contributed by atoms with E-state index in [0.29, 0.717) is 11.7 Å². The molecule has 5 heteroatoms. The van der Waals surface area contributed by atoms with E-state index in [-0.39, 0.29) is 5.91 Å². The zero-order valence-electron chi connectivity index (χ0n) is 12.0. The lowest BCUT2D eigenvalue weighted by molar-refractivity contribution is 0.0124. The fourth-order valence-electron chi connectivity index (χ4n) is 2.67. The molecule has 110 valence electrons. The molecule has 1 aliphatic rings. The van der Waals surface area contributed by atoms with Crippen molar-refractivity contribution in [2.45, 2.75) is 32.4 Å². The van der Waals surface area contributed by atoms with Crippen molar-refractivity contribution in [3.63, 3.8) is 0 Å². The summed E-state index contributed by atoms with van der Waals surface area (Å²) in [6, 6.07) is 7.61. The number of amides is 1. The first-order chi connectivity index (χ1) is 9.74. The van der Waals surface area contributed by atoms with Crippen LogP contribution >= 0.6 is 0 Å². The molecule has 20 heavy (non-hydrogen) atoms. The van der Waals surface area contributed by atoms with E-state index in [4.69, 9.17) is 10.6 Å². The summed E-state index contributed by atoms with van der Waals surface area (Å²) in [5.74, 6) is 5.00. The average Bonchev–Trinajstić information content (AvgIpc) is 2.49. The second-order valence-corrected chi connectivity index (χ2v) is 5.06. The quantitative estimate of drug-likeness (QED) is 0.483. The number of rotatable bonds is 5. The first kappa shape index (κ1) is 15.0. The van der Waals surface area contributed by atoms with Crippen LogP contribution in [-0.4, -0.2) is 36.6 Å². The highest BCUT2D eigenvalue weighted by Crippen LogP contribution is 2.18. The van der Waals surface area contributed by atoms with Crippen molar-refractivity contribution in [3.8, 4) is 0 Å². The first-order valence-electron chi connectivity index (χ1n) is 7.17. The second kappa shape index (κ2) is 7.38. The molecule has 2 rings (SSSR count). The van der Waals surface area contributed by atoms with Gasteiger partial charge in [0.05, 0.1) is 6.10 Å². The normalized spacial score (nSPS) is 17.1. The smallest absolute Gasteiger partial charge is 0.265 e.